The van der Waals surface area contributed by atoms with Crippen molar-refractivity contribution in [3.63, 3.8) is 0 Å². The maximum atomic E-state index is 14.5. The second kappa shape index (κ2) is 12.4. The number of aromatic nitrogens is 2. The van der Waals surface area contributed by atoms with Crippen molar-refractivity contribution >= 4 is 17.3 Å². The Morgan fingerprint density at radius 3 is 2.13 bits per heavy atom. The van der Waals surface area contributed by atoms with E-state index < -0.39 is 23.8 Å². The van der Waals surface area contributed by atoms with Crippen LogP contribution in [0, 0.1) is 11.6 Å². The van der Waals surface area contributed by atoms with Gasteiger partial charge in [0, 0.05) is 43.1 Å². The molecule has 0 unspecified atom stereocenters. The molecular formula is C28H35F2N5O4. The summed E-state index contributed by atoms with van der Waals surface area (Å²) in [7, 11) is 2.58. The predicted molar refractivity (Wildman–Crippen MR) is 145 cm³/mol. The second-order valence-corrected chi connectivity index (χ2v) is 10.0. The first kappa shape index (κ1) is 28.3. The molecule has 3 N–H and O–H groups in total. The molecule has 3 aromatic rings. The normalized spacial score (nSPS) is 14.3. The zero-order valence-corrected chi connectivity index (χ0v) is 22.6. The van der Waals surface area contributed by atoms with Crippen molar-refractivity contribution in [2.24, 2.45) is 0 Å². The highest BCUT2D eigenvalue weighted by molar-refractivity contribution is 5.59. The summed E-state index contributed by atoms with van der Waals surface area (Å²) in [6.45, 7) is 5.69. The molecule has 2 aromatic carbocycles. The van der Waals surface area contributed by atoms with E-state index in [9.17, 15) is 13.9 Å². The van der Waals surface area contributed by atoms with Gasteiger partial charge in [-0.25, -0.2) is 18.7 Å². The van der Waals surface area contributed by atoms with Crippen LogP contribution < -0.4 is 29.7 Å². The van der Waals surface area contributed by atoms with Crippen LogP contribution in [0.3, 0.4) is 0 Å². The molecule has 1 aliphatic heterocycles. The third-order valence-electron chi connectivity index (χ3n) is 6.48. The van der Waals surface area contributed by atoms with E-state index in [0.29, 0.717) is 18.5 Å². The Labute approximate surface area is 227 Å². The fourth-order valence-corrected chi connectivity index (χ4v) is 4.29. The average molecular weight is 544 g/mol. The molecule has 0 amide bonds. The third-order valence-corrected chi connectivity index (χ3v) is 6.48. The number of halogens is 2. The van der Waals surface area contributed by atoms with Gasteiger partial charge >= 0.3 is 0 Å². The van der Waals surface area contributed by atoms with Crippen LogP contribution in [0.25, 0.3) is 0 Å². The van der Waals surface area contributed by atoms with Crippen molar-refractivity contribution in [2.45, 2.75) is 44.9 Å². The number of anilines is 3. The molecule has 1 saturated heterocycles. The van der Waals surface area contributed by atoms with Crippen LogP contribution in [0.15, 0.2) is 42.7 Å². The van der Waals surface area contributed by atoms with Gasteiger partial charge in [-0.15, -0.1) is 0 Å². The lowest BCUT2D eigenvalue weighted by molar-refractivity contribution is 0.0752. The van der Waals surface area contributed by atoms with Crippen LogP contribution in [0.5, 0.6) is 17.2 Å². The number of nitrogens with one attached hydrogen (secondary N) is 2. The number of benzene rings is 2. The van der Waals surface area contributed by atoms with Crippen LogP contribution in [0.4, 0.5) is 26.1 Å². The summed E-state index contributed by atoms with van der Waals surface area (Å²) in [5.41, 5.74) is 0.936. The van der Waals surface area contributed by atoms with E-state index in [2.05, 4.69) is 37.6 Å². The van der Waals surface area contributed by atoms with Crippen LogP contribution in [-0.2, 0) is 6.61 Å². The molecule has 4 rings (SSSR count). The van der Waals surface area contributed by atoms with Gasteiger partial charge in [0.1, 0.15) is 6.61 Å². The fourth-order valence-electron chi connectivity index (χ4n) is 4.29. The highest BCUT2D eigenvalue weighted by Crippen LogP contribution is 2.32. The number of hydrogen-bond acceptors (Lipinski definition) is 9. The molecule has 1 fully saturated rings. The molecule has 0 radical (unpaired) electrons. The largest absolute Gasteiger partial charge is 0.494 e. The van der Waals surface area contributed by atoms with Crippen molar-refractivity contribution in [1.82, 2.24) is 15.3 Å². The Morgan fingerprint density at radius 2 is 1.59 bits per heavy atom. The molecule has 39 heavy (non-hydrogen) atoms. The molecule has 0 atom stereocenters. The van der Waals surface area contributed by atoms with Gasteiger partial charge in [0.15, 0.2) is 28.9 Å². The van der Waals surface area contributed by atoms with Crippen LogP contribution in [-0.4, -0.2) is 60.6 Å². The van der Waals surface area contributed by atoms with Crippen molar-refractivity contribution in [2.75, 3.05) is 44.1 Å². The standard InChI is InChI=1S/C28H35F2N5O4/c1-28(2,36)17-33-18-9-11-35(12-10-18)20-7-5-19(6-8-20)34-27-31-14-21(15-32-27)39-16-22-25(29)23(37-3)13-24(38-4)26(22)30/h5-8,13-15,18,33,36H,9-12,16-17H2,1-4H3,(H,31,32,34). The van der Waals surface area contributed by atoms with Crippen molar-refractivity contribution in [1.29, 1.82) is 0 Å². The fraction of sp³-hybridized carbons (Fsp3) is 0.429. The number of aliphatic hydroxyl groups is 1. The second-order valence-electron chi connectivity index (χ2n) is 10.0. The van der Waals surface area contributed by atoms with Gasteiger partial charge < -0.3 is 34.9 Å². The lowest BCUT2D eigenvalue weighted by atomic mass is 10.0. The summed E-state index contributed by atoms with van der Waals surface area (Å²) in [6.07, 6.45) is 4.88. The number of nitrogens with zero attached hydrogens (tertiary/aromatic N) is 3. The molecule has 0 aliphatic carbocycles. The number of piperidine rings is 1. The van der Waals surface area contributed by atoms with Gasteiger partial charge in [-0.05, 0) is 51.0 Å². The van der Waals surface area contributed by atoms with E-state index in [0.717, 1.165) is 43.4 Å². The molecule has 0 bridgehead atoms. The van der Waals surface area contributed by atoms with Crippen molar-refractivity contribution < 1.29 is 28.1 Å². The minimum Gasteiger partial charge on any atom is -0.494 e. The Balaban J connectivity index is 1.29. The van der Waals surface area contributed by atoms with Gasteiger partial charge in [-0.1, -0.05) is 0 Å². The van der Waals surface area contributed by atoms with Crippen LogP contribution in [0.1, 0.15) is 32.3 Å². The first-order chi connectivity index (χ1) is 18.7. The number of hydrogen-bond donors (Lipinski definition) is 3. The quantitative estimate of drug-likeness (QED) is 0.324. The maximum absolute atomic E-state index is 14.5. The molecule has 0 saturated carbocycles. The zero-order valence-electron chi connectivity index (χ0n) is 22.6. The molecule has 210 valence electrons. The SMILES string of the molecule is COc1cc(OC)c(F)c(COc2cnc(Nc3ccc(N4CCC(NCC(C)(C)O)CC4)cc3)nc2)c1F. The molecule has 11 heteroatoms. The van der Waals surface area contributed by atoms with Crippen molar-refractivity contribution in [3.8, 4) is 17.2 Å². The van der Waals surface area contributed by atoms with Gasteiger partial charge in [0.05, 0.1) is 37.8 Å². The Bertz CT molecular complexity index is 1200. The van der Waals surface area contributed by atoms with Gasteiger partial charge in [0.25, 0.3) is 0 Å². The molecular weight excluding hydrogens is 508 g/mol. The molecule has 0 spiro atoms. The molecule has 1 aliphatic rings. The summed E-state index contributed by atoms with van der Waals surface area (Å²) in [4.78, 5) is 10.8. The highest BCUT2D eigenvalue weighted by Gasteiger charge is 2.22. The summed E-state index contributed by atoms with van der Waals surface area (Å²) in [5.74, 6) is -1.39. The maximum Gasteiger partial charge on any atom is 0.227 e. The topological polar surface area (TPSA) is 101 Å². The summed E-state index contributed by atoms with van der Waals surface area (Å²) in [5, 5.41) is 16.5. The smallest absolute Gasteiger partial charge is 0.227 e. The van der Waals surface area contributed by atoms with E-state index in [4.69, 9.17) is 14.2 Å². The highest BCUT2D eigenvalue weighted by atomic mass is 19.1. The van der Waals surface area contributed by atoms with E-state index in [1.54, 1.807) is 0 Å². The zero-order chi connectivity index (χ0) is 28.0. The van der Waals surface area contributed by atoms with Crippen LogP contribution in [0.2, 0.25) is 0 Å². The van der Waals surface area contributed by atoms with E-state index in [1.165, 1.54) is 26.6 Å². The number of rotatable bonds is 11. The van der Waals surface area contributed by atoms with E-state index in [-0.39, 0.29) is 22.8 Å². The van der Waals surface area contributed by atoms with E-state index in [1.807, 2.05) is 26.0 Å². The monoisotopic (exact) mass is 543 g/mol. The third kappa shape index (κ3) is 7.45. The molecule has 9 nitrogen and oxygen atoms in total. The lowest BCUT2D eigenvalue weighted by Gasteiger charge is -2.35. The Hall–Kier alpha value is -3.70. The summed E-state index contributed by atoms with van der Waals surface area (Å²) in [6, 6.07) is 9.58. The summed E-state index contributed by atoms with van der Waals surface area (Å²) >= 11 is 0. The van der Waals surface area contributed by atoms with Gasteiger partial charge in [-0.2, -0.15) is 0 Å². The van der Waals surface area contributed by atoms with Crippen LogP contribution >= 0.6 is 0 Å². The van der Waals surface area contributed by atoms with E-state index >= 15 is 0 Å². The molecule has 1 aromatic heterocycles. The van der Waals surface area contributed by atoms with Gasteiger partial charge in [0.2, 0.25) is 5.95 Å². The first-order valence-corrected chi connectivity index (χ1v) is 12.8. The van der Waals surface area contributed by atoms with Crippen molar-refractivity contribution in [3.05, 3.63) is 59.9 Å². The Kier molecular flexibility index (Phi) is 9.03. The Morgan fingerprint density at radius 1 is 1.00 bits per heavy atom. The lowest BCUT2D eigenvalue weighted by Crippen LogP contribution is -2.46. The number of ether oxygens (including phenoxy) is 3. The average Bonchev–Trinajstić information content (AvgIpc) is 2.93. The first-order valence-electron chi connectivity index (χ1n) is 12.8. The number of methoxy groups -OCH3 is 2. The minimum absolute atomic E-state index is 0.141. The minimum atomic E-state index is -0.856. The summed E-state index contributed by atoms with van der Waals surface area (Å²) < 4.78 is 44.5. The molecule has 2 heterocycles. The van der Waals surface area contributed by atoms with Gasteiger partial charge in [-0.3, -0.25) is 0 Å². The predicted octanol–water partition coefficient (Wildman–Crippen LogP) is 4.42.